The zero-order valence-electron chi connectivity index (χ0n) is 6.37. The molecule has 4 nitrogen and oxygen atoms in total. The molecule has 0 aliphatic heterocycles. The molecule has 1 atom stereocenters. The number of hydrogen-bond acceptors (Lipinski definition) is 4. The van der Waals surface area contributed by atoms with Crippen molar-refractivity contribution in [2.24, 2.45) is 0 Å². The van der Waals surface area contributed by atoms with Crippen LogP contribution in [-0.2, 0) is 14.4 Å². The molecule has 0 rings (SSSR count). The largest absolute Gasteiger partial charge is 0.382 e. The van der Waals surface area contributed by atoms with Crippen molar-refractivity contribution in [3.05, 3.63) is 0 Å². The summed E-state index contributed by atoms with van der Waals surface area (Å²) in [5.41, 5.74) is 0. The zero-order valence-corrected chi connectivity index (χ0v) is 6.37. The number of hydrogen-bond donors (Lipinski definition) is 1. The van der Waals surface area contributed by atoms with Gasteiger partial charge >= 0.3 is 0 Å². The first-order valence-corrected chi connectivity index (χ1v) is 3.18. The lowest BCUT2D eigenvalue weighted by molar-refractivity contribution is -0.251. The molecule has 4 heteroatoms. The second-order valence-electron chi connectivity index (χ2n) is 1.97. The topological polar surface area (TPSA) is 47.9 Å². The van der Waals surface area contributed by atoms with Crippen LogP contribution in [0.15, 0.2) is 0 Å². The van der Waals surface area contributed by atoms with Gasteiger partial charge in [-0.1, -0.05) is 0 Å². The first kappa shape index (κ1) is 9.84. The first-order valence-electron chi connectivity index (χ1n) is 3.18. The normalized spacial score (nSPS) is 13.5. The molecule has 0 fully saturated rings. The van der Waals surface area contributed by atoms with Gasteiger partial charge in [0, 0.05) is 7.11 Å². The zero-order chi connectivity index (χ0) is 7.82. The fourth-order valence-corrected chi connectivity index (χ4v) is 0.569. The van der Waals surface area contributed by atoms with Crippen LogP contribution < -0.4 is 0 Å². The van der Waals surface area contributed by atoms with Crippen molar-refractivity contribution in [3.8, 4) is 0 Å². The minimum absolute atomic E-state index is 0.0557. The number of ether oxygens (including phenoxy) is 2. The lowest BCUT2D eigenvalue weighted by Gasteiger charge is -2.10. The van der Waals surface area contributed by atoms with E-state index in [0.29, 0.717) is 13.2 Å². The van der Waals surface area contributed by atoms with E-state index in [2.05, 4.69) is 4.89 Å². The molecule has 10 heavy (non-hydrogen) atoms. The quantitative estimate of drug-likeness (QED) is 0.341. The third kappa shape index (κ3) is 5.97. The van der Waals surface area contributed by atoms with E-state index < -0.39 is 0 Å². The Hall–Kier alpha value is -0.160. The van der Waals surface area contributed by atoms with E-state index in [0.717, 1.165) is 0 Å². The molecule has 0 aromatic carbocycles. The highest BCUT2D eigenvalue weighted by molar-refractivity contribution is 4.44. The smallest absolute Gasteiger partial charge is 0.105 e. The van der Waals surface area contributed by atoms with Gasteiger partial charge < -0.3 is 9.47 Å². The fraction of sp³-hybridized carbons (Fsp3) is 1.00. The average molecular weight is 150 g/mol. The standard InChI is InChI=1S/C6H14O4/c1-6(5-8-2)9-3-4-10-7/h6-7H,3-5H2,1-2H3. The van der Waals surface area contributed by atoms with Gasteiger partial charge in [-0.3, -0.25) is 5.26 Å². The predicted molar refractivity (Wildman–Crippen MR) is 35.9 cm³/mol. The van der Waals surface area contributed by atoms with Gasteiger partial charge in [0.2, 0.25) is 0 Å². The second-order valence-corrected chi connectivity index (χ2v) is 1.97. The second kappa shape index (κ2) is 6.95. The monoisotopic (exact) mass is 150 g/mol. The van der Waals surface area contributed by atoms with Crippen LogP contribution in [0.25, 0.3) is 0 Å². The van der Waals surface area contributed by atoms with Crippen molar-refractivity contribution in [2.45, 2.75) is 13.0 Å². The molecule has 1 unspecified atom stereocenters. The van der Waals surface area contributed by atoms with Crippen LogP contribution in [0.3, 0.4) is 0 Å². The van der Waals surface area contributed by atoms with E-state index in [9.17, 15) is 0 Å². The lowest BCUT2D eigenvalue weighted by atomic mass is 10.4. The number of methoxy groups -OCH3 is 1. The highest BCUT2D eigenvalue weighted by atomic mass is 17.1. The molecule has 0 saturated heterocycles. The Morgan fingerprint density at radius 1 is 1.40 bits per heavy atom. The summed E-state index contributed by atoms with van der Waals surface area (Å²) in [6, 6.07) is 0. The van der Waals surface area contributed by atoms with Gasteiger partial charge in [-0.15, -0.1) is 0 Å². The third-order valence-corrected chi connectivity index (χ3v) is 0.978. The van der Waals surface area contributed by atoms with Crippen molar-refractivity contribution >= 4 is 0 Å². The number of rotatable bonds is 6. The summed E-state index contributed by atoms with van der Waals surface area (Å²) in [4.78, 5) is 3.80. The summed E-state index contributed by atoms with van der Waals surface area (Å²) in [5, 5.41) is 7.90. The summed E-state index contributed by atoms with van der Waals surface area (Å²) in [7, 11) is 1.61. The molecule has 62 valence electrons. The van der Waals surface area contributed by atoms with Gasteiger partial charge in [-0.05, 0) is 6.92 Å². The van der Waals surface area contributed by atoms with Crippen LogP contribution in [0, 0.1) is 0 Å². The van der Waals surface area contributed by atoms with Gasteiger partial charge in [-0.25, -0.2) is 4.89 Å². The van der Waals surface area contributed by atoms with Gasteiger partial charge in [0.05, 0.1) is 19.3 Å². The fourth-order valence-electron chi connectivity index (χ4n) is 0.569. The molecule has 0 heterocycles. The van der Waals surface area contributed by atoms with Crippen molar-refractivity contribution in [2.75, 3.05) is 26.9 Å². The maximum atomic E-state index is 7.90. The van der Waals surface area contributed by atoms with E-state index in [1.165, 1.54) is 0 Å². The minimum atomic E-state index is 0.0557. The van der Waals surface area contributed by atoms with E-state index in [-0.39, 0.29) is 12.7 Å². The van der Waals surface area contributed by atoms with Crippen LogP contribution >= 0.6 is 0 Å². The SMILES string of the molecule is COCC(C)OCCOO. The van der Waals surface area contributed by atoms with Crippen LogP contribution in [0.4, 0.5) is 0 Å². The molecule has 0 radical (unpaired) electrons. The van der Waals surface area contributed by atoms with Crippen LogP contribution in [0.2, 0.25) is 0 Å². The van der Waals surface area contributed by atoms with Gasteiger partial charge in [0.15, 0.2) is 0 Å². The Balaban J connectivity index is 2.97. The molecule has 0 aliphatic rings. The lowest BCUT2D eigenvalue weighted by Crippen LogP contribution is -2.17. The molecule has 0 bridgehead atoms. The Labute approximate surface area is 60.6 Å². The van der Waals surface area contributed by atoms with Crippen LogP contribution in [0.5, 0.6) is 0 Å². The van der Waals surface area contributed by atoms with Gasteiger partial charge in [-0.2, -0.15) is 0 Å². The first-order chi connectivity index (χ1) is 4.81. The highest BCUT2D eigenvalue weighted by Gasteiger charge is 1.99. The Morgan fingerprint density at radius 2 is 2.10 bits per heavy atom. The summed E-state index contributed by atoms with van der Waals surface area (Å²) < 4.78 is 9.92. The molecule has 1 N–H and O–H groups in total. The van der Waals surface area contributed by atoms with Crippen LogP contribution in [0.1, 0.15) is 6.92 Å². The molecule has 0 amide bonds. The molecule has 0 aromatic heterocycles. The maximum Gasteiger partial charge on any atom is 0.105 e. The van der Waals surface area contributed by atoms with E-state index in [4.69, 9.17) is 14.7 Å². The van der Waals surface area contributed by atoms with E-state index in [1.54, 1.807) is 7.11 Å². The average Bonchev–Trinajstić information content (AvgIpc) is 1.89. The summed E-state index contributed by atoms with van der Waals surface area (Å²) >= 11 is 0. The highest BCUT2D eigenvalue weighted by Crippen LogP contribution is 1.89. The van der Waals surface area contributed by atoms with Crippen LogP contribution in [-0.4, -0.2) is 38.3 Å². The van der Waals surface area contributed by atoms with E-state index >= 15 is 0 Å². The summed E-state index contributed by atoms with van der Waals surface area (Å²) in [6.45, 7) is 3.04. The molecule has 0 aromatic rings. The molecule has 0 spiro atoms. The van der Waals surface area contributed by atoms with Gasteiger partial charge in [0.1, 0.15) is 6.61 Å². The van der Waals surface area contributed by atoms with Crippen molar-refractivity contribution in [1.29, 1.82) is 0 Å². The molecule has 0 aliphatic carbocycles. The molecule has 0 saturated carbocycles. The third-order valence-electron chi connectivity index (χ3n) is 0.978. The summed E-state index contributed by atoms with van der Waals surface area (Å²) in [6.07, 6.45) is 0.0557. The maximum absolute atomic E-state index is 7.90. The molecular weight excluding hydrogens is 136 g/mol. The van der Waals surface area contributed by atoms with Crippen molar-refractivity contribution < 1.29 is 19.6 Å². The summed E-state index contributed by atoms with van der Waals surface area (Å²) in [5.74, 6) is 0. The van der Waals surface area contributed by atoms with Crippen molar-refractivity contribution in [3.63, 3.8) is 0 Å². The molecular formula is C6H14O4. The Morgan fingerprint density at radius 3 is 2.60 bits per heavy atom. The van der Waals surface area contributed by atoms with Gasteiger partial charge in [0.25, 0.3) is 0 Å². The Kier molecular flexibility index (Phi) is 6.84. The van der Waals surface area contributed by atoms with E-state index in [1.807, 2.05) is 6.92 Å². The predicted octanol–water partition coefficient (Wildman–Crippen LogP) is 0.528. The Bertz CT molecular complexity index is 66.8. The van der Waals surface area contributed by atoms with Crippen molar-refractivity contribution in [1.82, 2.24) is 0 Å². The minimum Gasteiger partial charge on any atom is -0.382 e.